The van der Waals surface area contributed by atoms with E-state index in [4.69, 9.17) is 0 Å². The summed E-state index contributed by atoms with van der Waals surface area (Å²) in [6, 6.07) is 0. The molecule has 0 radical (unpaired) electrons. The first-order valence-corrected chi connectivity index (χ1v) is 3.80. The van der Waals surface area contributed by atoms with E-state index in [1.165, 1.54) is 0 Å². The summed E-state index contributed by atoms with van der Waals surface area (Å²) in [6.07, 6.45) is -12.3. The maximum atomic E-state index is 12.6. The van der Waals surface area contributed by atoms with Gasteiger partial charge in [-0.05, 0) is 6.08 Å². The molecule has 84 valence electrons. The summed E-state index contributed by atoms with van der Waals surface area (Å²) in [7, 11) is 0. The molecule has 14 heavy (non-hydrogen) atoms. The van der Waals surface area contributed by atoms with E-state index in [0.29, 0.717) is 6.08 Å². The molecule has 0 aliphatic rings. The summed E-state index contributed by atoms with van der Waals surface area (Å²) in [5.41, 5.74) is -5.30. The van der Waals surface area contributed by atoms with Gasteiger partial charge >= 0.3 is 18.0 Å². The maximum absolute atomic E-state index is 12.6. The maximum Gasteiger partial charge on any atom is 0.435 e. The van der Waals surface area contributed by atoms with Crippen LogP contribution in [0, 0.1) is 0 Å². The summed E-state index contributed by atoms with van der Waals surface area (Å²) >= 11 is 3.34. The minimum Gasteiger partial charge on any atom is -0.219 e. The predicted molar refractivity (Wildman–Crippen MR) is 38.9 cm³/mol. The average Bonchev–Trinajstić information content (AvgIpc) is 1.95. The number of hydrogen-bond acceptors (Lipinski definition) is 1. The Labute approximate surface area is 80.2 Å². The van der Waals surface area contributed by atoms with Gasteiger partial charge in [0.25, 0.3) is 0 Å². The fourth-order valence-corrected chi connectivity index (χ4v) is 0.670. The Morgan fingerprint density at radius 1 is 0.857 bits per heavy atom. The summed E-state index contributed by atoms with van der Waals surface area (Å²) < 4.78 is 83.1. The second-order valence-corrected chi connectivity index (χ2v) is 2.66. The van der Waals surface area contributed by atoms with Crippen molar-refractivity contribution >= 4 is 12.6 Å². The van der Waals surface area contributed by atoms with Gasteiger partial charge in [0.05, 0.1) is 0 Å². The van der Waals surface area contributed by atoms with E-state index >= 15 is 0 Å². The Kier molecular flexibility index (Phi) is 3.88. The van der Waals surface area contributed by atoms with Crippen LogP contribution in [0.5, 0.6) is 0 Å². The third kappa shape index (κ3) is 2.55. The van der Waals surface area contributed by atoms with E-state index in [1.54, 1.807) is 0 Å². The molecular weight excluding hydrogens is 237 g/mol. The molecule has 0 atom stereocenters. The van der Waals surface area contributed by atoms with Crippen LogP contribution < -0.4 is 0 Å². The van der Waals surface area contributed by atoms with Crippen LogP contribution in [0.4, 0.5) is 30.7 Å². The fourth-order valence-electron chi connectivity index (χ4n) is 0.565. The molecule has 0 saturated heterocycles. The predicted octanol–water partition coefficient (Wildman–Crippen LogP) is 3.31. The highest BCUT2D eigenvalue weighted by atomic mass is 32.1. The van der Waals surface area contributed by atoms with Crippen molar-refractivity contribution in [2.45, 2.75) is 18.0 Å². The number of alkyl halides is 7. The van der Waals surface area contributed by atoms with Gasteiger partial charge < -0.3 is 0 Å². The van der Waals surface area contributed by atoms with Gasteiger partial charge in [0, 0.05) is 5.75 Å². The topological polar surface area (TPSA) is 0 Å². The smallest absolute Gasteiger partial charge is 0.219 e. The lowest BCUT2D eigenvalue weighted by atomic mass is 10.1. The first-order chi connectivity index (χ1) is 6.06. The van der Waals surface area contributed by atoms with Crippen molar-refractivity contribution in [1.29, 1.82) is 0 Å². The number of hydrogen-bond donors (Lipinski definition) is 1. The van der Waals surface area contributed by atoms with Crippen LogP contribution in [-0.2, 0) is 0 Å². The number of rotatable bonds is 2. The lowest BCUT2D eigenvalue weighted by Gasteiger charge is -2.26. The van der Waals surface area contributed by atoms with Gasteiger partial charge in [0.15, 0.2) is 0 Å². The zero-order chi connectivity index (χ0) is 11.6. The molecule has 0 spiro atoms. The normalized spacial score (nSPS) is 15.1. The minimum absolute atomic E-state index is 0.351. The van der Waals surface area contributed by atoms with E-state index < -0.39 is 29.9 Å². The number of halogens is 7. The van der Waals surface area contributed by atoms with Crippen molar-refractivity contribution in [1.82, 2.24) is 0 Å². The van der Waals surface area contributed by atoms with Gasteiger partial charge in [-0.1, -0.05) is 6.08 Å². The summed E-state index contributed by atoms with van der Waals surface area (Å²) in [5.74, 6) is -0.419. The third-order valence-corrected chi connectivity index (χ3v) is 1.49. The van der Waals surface area contributed by atoms with E-state index in [1.807, 2.05) is 0 Å². The molecule has 0 nitrogen and oxygen atoms in total. The zero-order valence-corrected chi connectivity index (χ0v) is 7.35. The van der Waals surface area contributed by atoms with Crippen LogP contribution in [0.25, 0.3) is 0 Å². The molecule has 0 rings (SSSR count). The Morgan fingerprint density at radius 3 is 1.43 bits per heavy atom. The average molecular weight is 242 g/mol. The van der Waals surface area contributed by atoms with Gasteiger partial charge in [-0.25, -0.2) is 4.39 Å². The van der Waals surface area contributed by atoms with Crippen LogP contribution in [-0.4, -0.2) is 23.8 Å². The lowest BCUT2D eigenvalue weighted by molar-refractivity contribution is -0.322. The lowest BCUT2D eigenvalue weighted by Crippen LogP contribution is -2.51. The minimum atomic E-state index is -6.02. The molecule has 0 aliphatic carbocycles. The van der Waals surface area contributed by atoms with Crippen molar-refractivity contribution in [3.63, 3.8) is 0 Å². The van der Waals surface area contributed by atoms with Crippen LogP contribution >= 0.6 is 12.6 Å². The fraction of sp³-hybridized carbons (Fsp3) is 0.667. The van der Waals surface area contributed by atoms with E-state index in [-0.39, 0.29) is 0 Å². The molecule has 0 heterocycles. The number of allylic oxidation sites excluding steroid dienone is 1. The summed E-state index contributed by atoms with van der Waals surface area (Å²) in [5, 5.41) is 0. The van der Waals surface area contributed by atoms with Gasteiger partial charge in [-0.15, -0.1) is 0 Å². The van der Waals surface area contributed by atoms with Crippen molar-refractivity contribution < 1.29 is 30.7 Å². The second kappa shape index (κ2) is 4.00. The SMILES string of the molecule is FC(F)(F)C(F)(C=CCS)C(F)(F)F. The summed E-state index contributed by atoms with van der Waals surface area (Å²) in [6.45, 7) is 0. The van der Waals surface area contributed by atoms with Gasteiger partial charge in [-0.3, -0.25) is 0 Å². The second-order valence-electron chi connectivity index (χ2n) is 2.29. The molecular formula is C6H5F7S. The zero-order valence-electron chi connectivity index (χ0n) is 6.45. The first kappa shape index (κ1) is 13.6. The van der Waals surface area contributed by atoms with Gasteiger partial charge in [-0.2, -0.15) is 39.0 Å². The molecule has 0 aliphatic heterocycles. The van der Waals surface area contributed by atoms with Gasteiger partial charge in [0.1, 0.15) is 0 Å². The van der Waals surface area contributed by atoms with Crippen LogP contribution in [0.3, 0.4) is 0 Å². The van der Waals surface area contributed by atoms with E-state index in [2.05, 4.69) is 12.6 Å². The molecule has 0 fully saturated rings. The summed E-state index contributed by atoms with van der Waals surface area (Å²) in [4.78, 5) is 0. The largest absolute Gasteiger partial charge is 0.435 e. The van der Waals surface area contributed by atoms with E-state index in [0.717, 1.165) is 0 Å². The van der Waals surface area contributed by atoms with Gasteiger partial charge in [0.2, 0.25) is 0 Å². The Bertz CT molecular complexity index is 199. The molecule has 0 saturated carbocycles. The van der Waals surface area contributed by atoms with E-state index in [9.17, 15) is 30.7 Å². The molecule has 0 aromatic heterocycles. The first-order valence-electron chi connectivity index (χ1n) is 3.17. The quantitative estimate of drug-likeness (QED) is 0.428. The van der Waals surface area contributed by atoms with Crippen molar-refractivity contribution in [3.8, 4) is 0 Å². The standard InChI is InChI=1S/C6H5F7S/c7-4(2-1-3-14,5(8,9)10)6(11,12)13/h1-2,14H,3H2. The molecule has 0 unspecified atom stereocenters. The molecule has 0 aromatic rings. The van der Waals surface area contributed by atoms with Crippen molar-refractivity contribution in [2.24, 2.45) is 0 Å². The third-order valence-electron chi connectivity index (χ3n) is 1.28. The Balaban J connectivity index is 5.18. The van der Waals surface area contributed by atoms with Crippen LogP contribution in [0.1, 0.15) is 0 Å². The van der Waals surface area contributed by atoms with Crippen LogP contribution in [0.2, 0.25) is 0 Å². The molecule has 0 bridgehead atoms. The van der Waals surface area contributed by atoms with Crippen molar-refractivity contribution in [3.05, 3.63) is 12.2 Å². The monoisotopic (exact) mass is 242 g/mol. The highest BCUT2D eigenvalue weighted by Gasteiger charge is 2.70. The Hall–Kier alpha value is -0.400. The molecule has 0 amide bonds. The number of thiol groups is 1. The van der Waals surface area contributed by atoms with Crippen LogP contribution in [0.15, 0.2) is 12.2 Å². The molecule has 8 heteroatoms. The Morgan fingerprint density at radius 2 is 1.21 bits per heavy atom. The van der Waals surface area contributed by atoms with Crippen molar-refractivity contribution in [2.75, 3.05) is 5.75 Å². The molecule has 0 aromatic carbocycles. The highest BCUT2D eigenvalue weighted by molar-refractivity contribution is 7.80. The molecule has 0 N–H and O–H groups in total. The highest BCUT2D eigenvalue weighted by Crippen LogP contribution is 2.47.